The van der Waals surface area contributed by atoms with Crippen LogP contribution in [0.3, 0.4) is 0 Å². The summed E-state index contributed by atoms with van der Waals surface area (Å²) in [6.07, 6.45) is 0.625. The van der Waals surface area contributed by atoms with Crippen molar-refractivity contribution in [3.63, 3.8) is 0 Å². The number of Topliss-reactive ketones (excluding diaryl/α,β-unsaturated/α-hetero) is 1. The molecule has 2 rings (SSSR count). The molecule has 0 radical (unpaired) electrons. The van der Waals surface area contributed by atoms with E-state index in [9.17, 15) is 4.79 Å². The fourth-order valence-electron chi connectivity index (χ4n) is 2.05. The molecule has 0 spiro atoms. The van der Waals surface area contributed by atoms with Crippen LogP contribution in [0.15, 0.2) is 24.3 Å². The van der Waals surface area contributed by atoms with Crippen molar-refractivity contribution >= 4 is 23.1 Å². The Morgan fingerprint density at radius 1 is 1.40 bits per heavy atom. The molecule has 0 N–H and O–H groups in total. The van der Waals surface area contributed by atoms with Gasteiger partial charge in [-0.2, -0.15) is 0 Å². The van der Waals surface area contributed by atoms with Crippen LogP contribution in [0.5, 0.6) is 0 Å². The third kappa shape index (κ3) is 1.74. The standard InChI is InChI=1S/C12H14ClNO/c1-12(2)11(15)6-7-14(12)10-5-3-4-9(13)8-10/h3-5,8H,6-7H2,1-2H3. The fourth-order valence-corrected chi connectivity index (χ4v) is 2.23. The van der Waals surface area contributed by atoms with E-state index < -0.39 is 5.54 Å². The summed E-state index contributed by atoms with van der Waals surface area (Å²) in [6, 6.07) is 7.65. The molecule has 1 aliphatic rings. The van der Waals surface area contributed by atoms with Crippen molar-refractivity contribution in [1.29, 1.82) is 0 Å². The monoisotopic (exact) mass is 223 g/mol. The molecular formula is C12H14ClNO. The van der Waals surface area contributed by atoms with Crippen molar-refractivity contribution in [3.8, 4) is 0 Å². The zero-order valence-corrected chi connectivity index (χ0v) is 9.71. The summed E-state index contributed by atoms with van der Waals surface area (Å²) in [6.45, 7) is 4.71. The second-order valence-electron chi connectivity index (χ2n) is 4.36. The molecule has 0 aromatic heterocycles. The van der Waals surface area contributed by atoms with Crippen LogP contribution in [-0.2, 0) is 4.79 Å². The molecule has 15 heavy (non-hydrogen) atoms. The molecule has 1 saturated heterocycles. The van der Waals surface area contributed by atoms with Gasteiger partial charge in [0, 0.05) is 23.7 Å². The first kappa shape index (κ1) is 10.5. The van der Waals surface area contributed by atoms with Gasteiger partial charge in [-0.05, 0) is 32.0 Å². The van der Waals surface area contributed by atoms with Gasteiger partial charge >= 0.3 is 0 Å². The number of anilines is 1. The predicted molar refractivity (Wildman–Crippen MR) is 62.5 cm³/mol. The van der Waals surface area contributed by atoms with Crippen LogP contribution < -0.4 is 4.90 Å². The SMILES string of the molecule is CC1(C)C(=O)CCN1c1cccc(Cl)c1. The lowest BCUT2D eigenvalue weighted by Crippen LogP contribution is -2.42. The number of ketones is 1. The number of carbonyl (C=O) groups excluding carboxylic acids is 1. The molecule has 1 fully saturated rings. The summed E-state index contributed by atoms with van der Waals surface area (Å²) in [5.74, 6) is 0.294. The first-order valence-electron chi connectivity index (χ1n) is 5.08. The van der Waals surface area contributed by atoms with Crippen LogP contribution in [0.2, 0.25) is 5.02 Å². The maximum atomic E-state index is 11.7. The molecule has 3 heteroatoms. The van der Waals surface area contributed by atoms with Gasteiger partial charge in [-0.3, -0.25) is 4.79 Å². The molecule has 1 aliphatic heterocycles. The number of hydrogen-bond donors (Lipinski definition) is 0. The van der Waals surface area contributed by atoms with Gasteiger partial charge in [0.15, 0.2) is 5.78 Å². The number of hydrogen-bond acceptors (Lipinski definition) is 2. The van der Waals surface area contributed by atoms with Crippen LogP contribution in [0.25, 0.3) is 0 Å². The Labute approximate surface area is 94.8 Å². The molecule has 80 valence electrons. The maximum Gasteiger partial charge on any atom is 0.159 e. The highest BCUT2D eigenvalue weighted by Crippen LogP contribution is 2.32. The summed E-state index contributed by atoms with van der Waals surface area (Å²) in [5.41, 5.74) is 0.628. The van der Waals surface area contributed by atoms with Gasteiger partial charge in [-0.1, -0.05) is 17.7 Å². The van der Waals surface area contributed by atoms with Crippen molar-refractivity contribution in [2.75, 3.05) is 11.4 Å². The van der Waals surface area contributed by atoms with E-state index in [0.717, 1.165) is 12.2 Å². The van der Waals surface area contributed by atoms with Crippen LogP contribution >= 0.6 is 11.6 Å². The van der Waals surface area contributed by atoms with E-state index in [0.29, 0.717) is 17.2 Å². The Morgan fingerprint density at radius 2 is 2.13 bits per heavy atom. The molecule has 2 nitrogen and oxygen atoms in total. The minimum absolute atomic E-state index is 0.294. The average molecular weight is 224 g/mol. The normalized spacial score (nSPS) is 19.7. The van der Waals surface area contributed by atoms with Crippen LogP contribution in [0, 0.1) is 0 Å². The number of carbonyl (C=O) groups is 1. The van der Waals surface area contributed by atoms with Gasteiger partial charge in [-0.15, -0.1) is 0 Å². The third-order valence-corrected chi connectivity index (χ3v) is 3.27. The highest BCUT2D eigenvalue weighted by molar-refractivity contribution is 6.30. The topological polar surface area (TPSA) is 20.3 Å². The quantitative estimate of drug-likeness (QED) is 0.730. The molecule has 1 heterocycles. The zero-order chi connectivity index (χ0) is 11.1. The largest absolute Gasteiger partial charge is 0.359 e. The van der Waals surface area contributed by atoms with Crippen molar-refractivity contribution in [1.82, 2.24) is 0 Å². The van der Waals surface area contributed by atoms with E-state index >= 15 is 0 Å². The van der Waals surface area contributed by atoms with E-state index in [-0.39, 0.29) is 0 Å². The summed E-state index contributed by atoms with van der Waals surface area (Å²) < 4.78 is 0. The smallest absolute Gasteiger partial charge is 0.159 e. The number of nitrogens with zero attached hydrogens (tertiary/aromatic N) is 1. The minimum atomic E-state index is -0.398. The number of rotatable bonds is 1. The van der Waals surface area contributed by atoms with Crippen molar-refractivity contribution in [3.05, 3.63) is 29.3 Å². The maximum absolute atomic E-state index is 11.7. The van der Waals surface area contributed by atoms with E-state index in [1.54, 1.807) is 0 Å². The molecule has 0 amide bonds. The lowest BCUT2D eigenvalue weighted by molar-refractivity contribution is -0.120. The van der Waals surface area contributed by atoms with Gasteiger partial charge in [0.1, 0.15) is 0 Å². The van der Waals surface area contributed by atoms with Crippen molar-refractivity contribution < 1.29 is 4.79 Å². The third-order valence-electron chi connectivity index (χ3n) is 3.04. The van der Waals surface area contributed by atoms with E-state index in [1.165, 1.54) is 0 Å². The molecular weight excluding hydrogens is 210 g/mol. The second-order valence-corrected chi connectivity index (χ2v) is 4.80. The zero-order valence-electron chi connectivity index (χ0n) is 8.96. The first-order valence-corrected chi connectivity index (χ1v) is 5.46. The van der Waals surface area contributed by atoms with Gasteiger partial charge < -0.3 is 4.90 Å². The van der Waals surface area contributed by atoms with E-state index in [4.69, 9.17) is 11.6 Å². The Bertz CT molecular complexity index is 400. The molecule has 0 aliphatic carbocycles. The average Bonchev–Trinajstić information content (AvgIpc) is 2.42. The minimum Gasteiger partial charge on any atom is -0.359 e. The summed E-state index contributed by atoms with van der Waals surface area (Å²) in [5, 5.41) is 0.711. The second kappa shape index (κ2) is 3.53. The van der Waals surface area contributed by atoms with E-state index in [2.05, 4.69) is 4.90 Å². The fraction of sp³-hybridized carbons (Fsp3) is 0.417. The van der Waals surface area contributed by atoms with Gasteiger partial charge in [0.25, 0.3) is 0 Å². The lowest BCUT2D eigenvalue weighted by atomic mass is 10.00. The molecule has 0 atom stereocenters. The number of halogens is 1. The van der Waals surface area contributed by atoms with Crippen molar-refractivity contribution in [2.24, 2.45) is 0 Å². The Kier molecular flexibility index (Phi) is 2.47. The Balaban J connectivity index is 2.36. The molecule has 0 unspecified atom stereocenters. The Hall–Kier alpha value is -1.02. The molecule has 0 saturated carbocycles. The first-order chi connectivity index (χ1) is 7.01. The van der Waals surface area contributed by atoms with Crippen LogP contribution in [0.4, 0.5) is 5.69 Å². The predicted octanol–water partition coefficient (Wildman–Crippen LogP) is 2.90. The van der Waals surface area contributed by atoms with Crippen LogP contribution in [0.1, 0.15) is 20.3 Å². The Morgan fingerprint density at radius 3 is 2.67 bits per heavy atom. The van der Waals surface area contributed by atoms with Gasteiger partial charge in [-0.25, -0.2) is 0 Å². The highest BCUT2D eigenvalue weighted by atomic mass is 35.5. The highest BCUT2D eigenvalue weighted by Gasteiger charge is 2.39. The summed E-state index contributed by atoms with van der Waals surface area (Å²) in [7, 11) is 0. The molecule has 1 aromatic rings. The summed E-state index contributed by atoms with van der Waals surface area (Å²) in [4.78, 5) is 13.8. The van der Waals surface area contributed by atoms with Gasteiger partial charge in [0.05, 0.1) is 5.54 Å². The molecule has 0 bridgehead atoms. The van der Waals surface area contributed by atoms with Crippen LogP contribution in [-0.4, -0.2) is 17.9 Å². The van der Waals surface area contributed by atoms with Crippen molar-refractivity contribution in [2.45, 2.75) is 25.8 Å². The summed E-state index contributed by atoms with van der Waals surface area (Å²) >= 11 is 5.94. The number of benzene rings is 1. The van der Waals surface area contributed by atoms with E-state index in [1.807, 2.05) is 38.1 Å². The van der Waals surface area contributed by atoms with Gasteiger partial charge in [0.2, 0.25) is 0 Å². The lowest BCUT2D eigenvalue weighted by Gasteiger charge is -2.32. The molecule has 1 aromatic carbocycles.